The van der Waals surface area contributed by atoms with Crippen LogP contribution in [-0.4, -0.2) is 14.6 Å². The average Bonchev–Trinajstić information content (AvgIpc) is 2.22. The number of benzene rings is 1. The Bertz CT molecular complexity index is 547. The Labute approximate surface area is 79.5 Å². The van der Waals surface area contributed by atoms with Gasteiger partial charge in [0.25, 0.3) is 0 Å². The number of H-pyrrole nitrogens is 1. The maximum Gasteiger partial charge on any atom is 0.362 e. The fraction of sp³-hybridized carbons (Fsp3) is 0.222. The molecular weight excluding hydrogens is 182 g/mol. The van der Waals surface area contributed by atoms with Gasteiger partial charge >= 0.3 is 5.69 Å². The van der Waals surface area contributed by atoms with E-state index in [9.17, 15) is 4.79 Å². The van der Waals surface area contributed by atoms with Crippen LogP contribution in [0.4, 0.5) is 0 Å². The molecular formula is C9H9N3O2. The molecule has 2 heterocycles. The van der Waals surface area contributed by atoms with E-state index in [2.05, 4.69) is 5.10 Å². The van der Waals surface area contributed by atoms with Crippen LogP contribution in [0.1, 0.15) is 5.56 Å². The number of hydrogen-bond acceptors (Lipinski definition) is 2. The first-order chi connectivity index (χ1) is 6.77. The van der Waals surface area contributed by atoms with E-state index in [1.807, 2.05) is 25.1 Å². The number of aromatic amines is 1. The standard InChI is InChI=1S/C9H9N3O2/c1-6-7-3-2-4-8(6)14-5-11-10-9(13)12(7)11/h2-4H,5H2,1H3,(H,10,13). The van der Waals surface area contributed by atoms with Crippen molar-refractivity contribution >= 4 is 0 Å². The van der Waals surface area contributed by atoms with E-state index < -0.39 is 0 Å². The summed E-state index contributed by atoms with van der Waals surface area (Å²) in [6.07, 6.45) is 0. The van der Waals surface area contributed by atoms with Gasteiger partial charge in [0.15, 0.2) is 6.73 Å². The fourth-order valence-corrected chi connectivity index (χ4v) is 1.72. The van der Waals surface area contributed by atoms with Gasteiger partial charge in [0.05, 0.1) is 5.69 Å². The van der Waals surface area contributed by atoms with E-state index in [1.165, 1.54) is 0 Å². The topological polar surface area (TPSA) is 52.0 Å². The highest BCUT2D eigenvalue weighted by Crippen LogP contribution is 2.25. The lowest BCUT2D eigenvalue weighted by Crippen LogP contribution is -2.41. The Hall–Kier alpha value is -1.91. The van der Waals surface area contributed by atoms with Crippen LogP contribution in [-0.2, 0) is 6.73 Å². The summed E-state index contributed by atoms with van der Waals surface area (Å²) in [5, 5.41) is 2.62. The molecule has 0 radical (unpaired) electrons. The lowest BCUT2D eigenvalue weighted by atomic mass is 10.2. The van der Waals surface area contributed by atoms with Gasteiger partial charge in [-0.25, -0.2) is 9.89 Å². The lowest BCUT2D eigenvalue weighted by molar-refractivity contribution is 0.170. The van der Waals surface area contributed by atoms with Crippen molar-refractivity contribution in [2.75, 3.05) is 0 Å². The normalized spacial score (nSPS) is 13.2. The summed E-state index contributed by atoms with van der Waals surface area (Å²) in [4.78, 5) is 12.9. The molecule has 5 nitrogen and oxygen atoms in total. The van der Waals surface area contributed by atoms with Crippen molar-refractivity contribution in [3.8, 4) is 11.4 Å². The van der Waals surface area contributed by atoms with Crippen LogP contribution in [0.2, 0.25) is 0 Å². The molecule has 14 heavy (non-hydrogen) atoms. The first-order valence-corrected chi connectivity index (χ1v) is 4.38. The Kier molecular flexibility index (Phi) is 1.24. The minimum atomic E-state index is -0.115. The summed E-state index contributed by atoms with van der Waals surface area (Å²) in [6, 6.07) is 5.68. The lowest BCUT2D eigenvalue weighted by Gasteiger charge is -2.15. The first-order valence-electron chi connectivity index (χ1n) is 4.38. The summed E-state index contributed by atoms with van der Waals surface area (Å²) in [5.41, 5.74) is 1.75. The Morgan fingerprint density at radius 1 is 1.50 bits per heavy atom. The zero-order valence-electron chi connectivity index (χ0n) is 7.65. The maximum absolute atomic E-state index is 11.3. The van der Waals surface area contributed by atoms with Gasteiger partial charge in [0, 0.05) is 5.56 Å². The first kappa shape index (κ1) is 7.49. The molecule has 0 saturated heterocycles. The molecule has 1 aromatic heterocycles. The summed E-state index contributed by atoms with van der Waals surface area (Å²) in [7, 11) is 0. The molecule has 2 aromatic rings. The number of rotatable bonds is 0. The largest absolute Gasteiger partial charge is 0.469 e. The molecule has 72 valence electrons. The number of fused-ring (bicyclic) bond motifs is 4. The molecule has 3 rings (SSSR count). The summed E-state index contributed by atoms with van der Waals surface area (Å²) in [6.45, 7) is 2.29. The molecule has 1 aliphatic rings. The van der Waals surface area contributed by atoms with Crippen molar-refractivity contribution in [3.63, 3.8) is 0 Å². The molecule has 5 heteroatoms. The third-order valence-electron chi connectivity index (χ3n) is 2.48. The second-order valence-corrected chi connectivity index (χ2v) is 3.30. The predicted molar refractivity (Wildman–Crippen MR) is 49.7 cm³/mol. The van der Waals surface area contributed by atoms with Crippen LogP contribution in [0.25, 0.3) is 5.69 Å². The molecule has 0 amide bonds. The highest BCUT2D eigenvalue weighted by atomic mass is 16.5. The number of hydrogen-bond donors (Lipinski definition) is 1. The molecule has 0 saturated carbocycles. The Morgan fingerprint density at radius 3 is 3.14 bits per heavy atom. The van der Waals surface area contributed by atoms with Crippen molar-refractivity contribution in [3.05, 3.63) is 34.2 Å². The number of nitrogens with zero attached hydrogens (tertiary/aromatic N) is 2. The van der Waals surface area contributed by atoms with Gasteiger partial charge in [-0.15, -0.1) is 0 Å². The molecule has 0 spiro atoms. The molecule has 1 aromatic carbocycles. The quantitative estimate of drug-likeness (QED) is 0.663. The summed E-state index contributed by atoms with van der Waals surface area (Å²) in [5.74, 6) is 0.825. The second kappa shape index (κ2) is 2.31. The van der Waals surface area contributed by atoms with E-state index in [0.29, 0.717) is 6.73 Å². The SMILES string of the molecule is Cc1c2cccc1-n1c(=O)[nH]n1CO2. The van der Waals surface area contributed by atoms with E-state index in [-0.39, 0.29) is 5.69 Å². The van der Waals surface area contributed by atoms with Gasteiger partial charge in [-0.05, 0) is 19.1 Å². The fourth-order valence-electron chi connectivity index (χ4n) is 1.72. The van der Waals surface area contributed by atoms with Gasteiger partial charge in [-0.3, -0.25) is 0 Å². The van der Waals surface area contributed by atoms with Crippen LogP contribution < -0.4 is 10.4 Å². The van der Waals surface area contributed by atoms with Gasteiger partial charge in [-0.1, -0.05) is 6.07 Å². The molecule has 1 N–H and O–H groups in total. The van der Waals surface area contributed by atoms with Crippen LogP contribution in [0.3, 0.4) is 0 Å². The van der Waals surface area contributed by atoms with Crippen LogP contribution in [0.5, 0.6) is 5.75 Å². The number of nitrogens with one attached hydrogen (secondary N) is 1. The van der Waals surface area contributed by atoms with Crippen LogP contribution in [0, 0.1) is 6.92 Å². The van der Waals surface area contributed by atoms with Crippen molar-refractivity contribution in [2.24, 2.45) is 0 Å². The van der Waals surface area contributed by atoms with E-state index in [0.717, 1.165) is 17.0 Å². The number of ether oxygens (including phenoxy) is 1. The van der Waals surface area contributed by atoms with Crippen molar-refractivity contribution < 1.29 is 4.74 Å². The average molecular weight is 191 g/mol. The molecule has 0 fully saturated rings. The van der Waals surface area contributed by atoms with E-state index >= 15 is 0 Å². The molecule has 0 atom stereocenters. The Balaban J connectivity index is 2.36. The molecule has 0 unspecified atom stereocenters. The Morgan fingerprint density at radius 2 is 2.36 bits per heavy atom. The maximum atomic E-state index is 11.3. The summed E-state index contributed by atoms with van der Waals surface area (Å²) < 4.78 is 7.07. The smallest absolute Gasteiger partial charge is 0.362 e. The molecule has 1 aliphatic heterocycles. The zero-order valence-corrected chi connectivity index (χ0v) is 7.65. The van der Waals surface area contributed by atoms with Gasteiger partial charge < -0.3 is 4.74 Å². The van der Waals surface area contributed by atoms with Crippen LogP contribution >= 0.6 is 0 Å². The molecule has 0 aliphatic carbocycles. The van der Waals surface area contributed by atoms with Gasteiger partial charge in [-0.2, -0.15) is 9.48 Å². The summed E-state index contributed by atoms with van der Waals surface area (Å²) >= 11 is 0. The molecule has 2 bridgehead atoms. The highest BCUT2D eigenvalue weighted by Gasteiger charge is 2.18. The van der Waals surface area contributed by atoms with Gasteiger partial charge in [0.1, 0.15) is 5.75 Å². The highest BCUT2D eigenvalue weighted by molar-refractivity contribution is 5.48. The predicted octanol–water partition coefficient (Wildman–Crippen LogP) is 0.625. The van der Waals surface area contributed by atoms with Crippen molar-refractivity contribution in [1.82, 2.24) is 14.6 Å². The second-order valence-electron chi connectivity index (χ2n) is 3.30. The van der Waals surface area contributed by atoms with E-state index in [1.54, 1.807) is 9.48 Å². The minimum absolute atomic E-state index is 0.115. The van der Waals surface area contributed by atoms with Crippen molar-refractivity contribution in [1.29, 1.82) is 0 Å². The van der Waals surface area contributed by atoms with Crippen LogP contribution in [0.15, 0.2) is 23.0 Å². The van der Waals surface area contributed by atoms with E-state index in [4.69, 9.17) is 4.74 Å². The number of aromatic nitrogens is 3. The third kappa shape index (κ3) is 0.761. The minimum Gasteiger partial charge on any atom is -0.469 e. The van der Waals surface area contributed by atoms with Gasteiger partial charge in [0.2, 0.25) is 0 Å². The monoisotopic (exact) mass is 191 g/mol. The third-order valence-corrected chi connectivity index (χ3v) is 2.48. The van der Waals surface area contributed by atoms with Crippen molar-refractivity contribution in [2.45, 2.75) is 13.7 Å². The zero-order chi connectivity index (χ0) is 9.71.